The van der Waals surface area contributed by atoms with E-state index in [0.717, 1.165) is 12.5 Å². The molecule has 0 bridgehead atoms. The largest absolute Gasteiger partial charge is 0.507 e. The summed E-state index contributed by atoms with van der Waals surface area (Å²) >= 11 is 0. The minimum absolute atomic E-state index is 0.238. The molecule has 1 fully saturated rings. The first-order chi connectivity index (χ1) is 13.1. The van der Waals surface area contributed by atoms with Crippen molar-refractivity contribution in [3.63, 3.8) is 0 Å². The van der Waals surface area contributed by atoms with Gasteiger partial charge in [0.1, 0.15) is 5.75 Å². The van der Waals surface area contributed by atoms with Crippen molar-refractivity contribution in [2.24, 2.45) is 0 Å². The van der Waals surface area contributed by atoms with Crippen molar-refractivity contribution in [3.8, 4) is 17.0 Å². The van der Waals surface area contributed by atoms with Crippen LogP contribution in [0.3, 0.4) is 0 Å². The Morgan fingerprint density at radius 2 is 1.96 bits per heavy atom. The molecule has 0 saturated heterocycles. The molecule has 1 unspecified atom stereocenters. The summed E-state index contributed by atoms with van der Waals surface area (Å²) < 4.78 is 44.4. The van der Waals surface area contributed by atoms with Gasteiger partial charge in [-0.2, -0.15) is 18.2 Å². The normalized spacial score (nSPS) is 19.4. The average Bonchev–Trinajstić information content (AvgIpc) is 3.23. The number of pyridine rings is 1. The van der Waals surface area contributed by atoms with E-state index in [1.807, 2.05) is 14.1 Å². The number of anilines is 1. The highest BCUT2D eigenvalue weighted by atomic mass is 19.4. The fourth-order valence-electron chi connectivity index (χ4n) is 3.35. The summed E-state index contributed by atoms with van der Waals surface area (Å²) in [4.78, 5) is 10.8. The van der Waals surface area contributed by atoms with Gasteiger partial charge in [-0.05, 0) is 57.3 Å². The highest BCUT2D eigenvalue weighted by Gasteiger charge is 2.39. The minimum Gasteiger partial charge on any atom is -0.507 e. The van der Waals surface area contributed by atoms with Crippen molar-refractivity contribution in [1.29, 1.82) is 0 Å². The van der Waals surface area contributed by atoms with Crippen LogP contribution in [0, 0.1) is 6.92 Å². The number of hydrogen-bond donors (Lipinski definition) is 2. The molecule has 28 heavy (non-hydrogen) atoms. The molecule has 0 radical (unpaired) electrons. The number of aromatic nitrogens is 2. The maximum absolute atomic E-state index is 12.9. The molecule has 3 aromatic rings. The Balaban J connectivity index is 1.65. The van der Waals surface area contributed by atoms with Gasteiger partial charge >= 0.3 is 6.18 Å². The number of likely N-dealkylation sites (N-methyl/N-ethyl adjacent to an activating group) is 1. The van der Waals surface area contributed by atoms with Gasteiger partial charge in [-0.25, -0.2) is 4.98 Å². The first-order valence-corrected chi connectivity index (χ1v) is 8.75. The van der Waals surface area contributed by atoms with E-state index in [-0.39, 0.29) is 17.2 Å². The second-order valence-electron chi connectivity index (χ2n) is 7.24. The number of aromatic hydroxyl groups is 1. The Morgan fingerprint density at radius 1 is 1.21 bits per heavy atom. The lowest BCUT2D eigenvalue weighted by atomic mass is 10.0. The molecule has 0 aliphatic heterocycles. The number of phenols is 1. The van der Waals surface area contributed by atoms with Gasteiger partial charge in [0.15, 0.2) is 5.58 Å². The van der Waals surface area contributed by atoms with E-state index in [4.69, 9.17) is 4.42 Å². The molecule has 2 atom stereocenters. The molecule has 1 saturated carbocycles. The summed E-state index contributed by atoms with van der Waals surface area (Å²) in [5.74, 6) is -0.479. The fourth-order valence-corrected chi connectivity index (χ4v) is 3.35. The van der Waals surface area contributed by atoms with Gasteiger partial charge in [0, 0.05) is 17.6 Å². The number of hydrogen-bond acceptors (Lipinski definition) is 6. The molecule has 1 aliphatic carbocycles. The number of nitrogens with one attached hydrogen (secondary N) is 1. The van der Waals surface area contributed by atoms with E-state index < -0.39 is 17.5 Å². The summed E-state index contributed by atoms with van der Waals surface area (Å²) in [5, 5.41) is 13.4. The molecule has 2 N–H and O–H groups in total. The van der Waals surface area contributed by atoms with Gasteiger partial charge in [-0.1, -0.05) is 0 Å². The molecule has 1 aromatic carbocycles. The smallest absolute Gasteiger partial charge is 0.416 e. The van der Waals surface area contributed by atoms with Crippen LogP contribution in [0.4, 0.5) is 19.2 Å². The number of aryl methyl sites for hydroxylation is 1. The van der Waals surface area contributed by atoms with E-state index in [1.165, 1.54) is 6.92 Å². The Kier molecular flexibility index (Phi) is 4.22. The number of nitrogens with zero attached hydrogens (tertiary/aromatic N) is 3. The maximum atomic E-state index is 12.9. The van der Waals surface area contributed by atoms with Crippen LogP contribution in [0.5, 0.6) is 5.75 Å². The average molecular weight is 392 g/mol. The minimum atomic E-state index is -4.53. The third-order valence-corrected chi connectivity index (χ3v) is 4.88. The van der Waals surface area contributed by atoms with Gasteiger partial charge < -0.3 is 19.7 Å². The number of phenolic OH excluding ortho intramolecular Hbond substituents is 1. The second kappa shape index (κ2) is 6.37. The van der Waals surface area contributed by atoms with E-state index in [2.05, 4.69) is 20.2 Å². The molecular weight excluding hydrogens is 373 g/mol. The molecule has 6 nitrogen and oxygen atoms in total. The van der Waals surface area contributed by atoms with Gasteiger partial charge in [-0.15, -0.1) is 0 Å². The summed E-state index contributed by atoms with van der Waals surface area (Å²) in [6.07, 6.45) is -3.54. The van der Waals surface area contributed by atoms with Crippen LogP contribution >= 0.6 is 0 Å². The first-order valence-electron chi connectivity index (χ1n) is 8.75. The van der Waals surface area contributed by atoms with Gasteiger partial charge in [0.25, 0.3) is 6.01 Å². The molecule has 4 rings (SSSR count). The van der Waals surface area contributed by atoms with E-state index in [1.54, 1.807) is 12.1 Å². The third-order valence-electron chi connectivity index (χ3n) is 4.88. The summed E-state index contributed by atoms with van der Waals surface area (Å²) in [7, 11) is 4.01. The number of halogens is 3. The number of rotatable bonds is 4. The van der Waals surface area contributed by atoms with Crippen molar-refractivity contribution in [1.82, 2.24) is 14.9 Å². The van der Waals surface area contributed by atoms with Gasteiger partial charge in [0.05, 0.1) is 11.3 Å². The SMILES string of the molecule is Cc1cc(C(F)(F)F)cc(O)c1-c1ccc2oc(NC3C[C@H]3N(C)C)nc2n1. The highest BCUT2D eigenvalue weighted by molar-refractivity contribution is 5.78. The molecule has 2 aromatic heterocycles. The van der Waals surface area contributed by atoms with Gasteiger partial charge in [-0.3, -0.25) is 0 Å². The van der Waals surface area contributed by atoms with Crippen molar-refractivity contribution in [2.75, 3.05) is 19.4 Å². The Bertz CT molecular complexity index is 1020. The van der Waals surface area contributed by atoms with E-state index in [0.29, 0.717) is 35.0 Å². The molecule has 0 amide bonds. The van der Waals surface area contributed by atoms with E-state index >= 15 is 0 Å². The predicted molar refractivity (Wildman–Crippen MR) is 98.1 cm³/mol. The zero-order valence-corrected chi connectivity index (χ0v) is 15.5. The van der Waals surface area contributed by atoms with Crippen LogP contribution in [0.15, 0.2) is 28.7 Å². The molecule has 0 spiro atoms. The second-order valence-corrected chi connectivity index (χ2v) is 7.24. The lowest BCUT2D eigenvalue weighted by Gasteiger charge is -2.13. The Morgan fingerprint density at radius 3 is 2.57 bits per heavy atom. The lowest BCUT2D eigenvalue weighted by molar-refractivity contribution is -0.137. The standard InChI is InChI=1S/C19H19F3N4O2/c1-9-6-10(19(20,21)22)7-14(27)16(9)11-4-5-15-17(23-11)25-18(28-15)24-12-8-13(12)26(2)3/h4-7,12-13,27H,8H2,1-3H3,(H,23,24,25)/t12?,13-/m1/s1. The van der Waals surface area contributed by atoms with Crippen molar-refractivity contribution in [2.45, 2.75) is 31.6 Å². The number of alkyl halides is 3. The third kappa shape index (κ3) is 3.37. The monoisotopic (exact) mass is 392 g/mol. The van der Waals surface area contributed by atoms with Crippen LogP contribution < -0.4 is 5.32 Å². The molecule has 148 valence electrons. The molecule has 2 heterocycles. The predicted octanol–water partition coefficient (Wildman–Crippen LogP) is 4.04. The van der Waals surface area contributed by atoms with Crippen LogP contribution in [0.2, 0.25) is 0 Å². The van der Waals surface area contributed by atoms with E-state index in [9.17, 15) is 18.3 Å². The van der Waals surface area contributed by atoms with Crippen LogP contribution in [0.1, 0.15) is 17.5 Å². The maximum Gasteiger partial charge on any atom is 0.416 e. The van der Waals surface area contributed by atoms with Crippen LogP contribution in [0.25, 0.3) is 22.5 Å². The molecule has 9 heteroatoms. The lowest BCUT2D eigenvalue weighted by Crippen LogP contribution is -2.21. The summed E-state index contributed by atoms with van der Waals surface area (Å²) in [5.41, 5.74) is 0.710. The highest BCUT2D eigenvalue weighted by Crippen LogP contribution is 2.39. The summed E-state index contributed by atoms with van der Waals surface area (Å²) in [6, 6.07) is 5.95. The Hall–Kier alpha value is -2.81. The quantitative estimate of drug-likeness (QED) is 0.698. The molecular formula is C19H19F3N4O2. The molecule has 1 aliphatic rings. The topological polar surface area (TPSA) is 74.4 Å². The zero-order valence-electron chi connectivity index (χ0n) is 15.5. The number of fused-ring (bicyclic) bond motifs is 1. The van der Waals surface area contributed by atoms with Gasteiger partial charge in [0.2, 0.25) is 5.65 Å². The zero-order chi connectivity index (χ0) is 20.2. The van der Waals surface area contributed by atoms with Crippen LogP contribution in [-0.2, 0) is 6.18 Å². The first kappa shape index (κ1) is 18.5. The van der Waals surface area contributed by atoms with Crippen molar-refractivity contribution >= 4 is 17.2 Å². The summed E-state index contributed by atoms with van der Waals surface area (Å²) in [6.45, 7) is 1.50. The number of oxazole rings is 1. The Labute approximate surface area is 159 Å². The van der Waals surface area contributed by atoms with Crippen molar-refractivity contribution in [3.05, 3.63) is 35.4 Å². The number of benzene rings is 1. The van der Waals surface area contributed by atoms with Crippen molar-refractivity contribution < 1.29 is 22.7 Å². The fraction of sp³-hybridized carbons (Fsp3) is 0.368. The van der Waals surface area contributed by atoms with Crippen LogP contribution in [-0.4, -0.2) is 46.2 Å².